The molecule has 0 aliphatic heterocycles. The number of carbonyl (C=O) groups excluding carboxylic acids is 3. The minimum atomic E-state index is -0.225. The summed E-state index contributed by atoms with van der Waals surface area (Å²) in [7, 11) is 0. The van der Waals surface area contributed by atoms with E-state index in [1.807, 2.05) is 19.9 Å². The minimum absolute atomic E-state index is 0.0130. The molecule has 132 valence electrons. The molecule has 1 aromatic carbocycles. The van der Waals surface area contributed by atoms with E-state index in [1.54, 1.807) is 42.5 Å². The van der Waals surface area contributed by atoms with Crippen molar-refractivity contribution in [3.63, 3.8) is 0 Å². The van der Waals surface area contributed by atoms with Crippen molar-refractivity contribution < 1.29 is 14.4 Å². The first-order valence-corrected chi connectivity index (χ1v) is 9.00. The van der Waals surface area contributed by atoms with Gasteiger partial charge in [0.1, 0.15) is 0 Å². The number of aryl methyl sites for hydroxylation is 2. The third kappa shape index (κ3) is 5.53. The van der Waals surface area contributed by atoms with Crippen LogP contribution in [0.5, 0.6) is 0 Å². The number of amides is 2. The lowest BCUT2D eigenvalue weighted by molar-refractivity contribution is -0.116. The Morgan fingerprint density at radius 3 is 2.16 bits per heavy atom. The van der Waals surface area contributed by atoms with Gasteiger partial charge in [0.15, 0.2) is 5.78 Å². The molecule has 1 heterocycles. The van der Waals surface area contributed by atoms with E-state index in [0.29, 0.717) is 23.4 Å². The van der Waals surface area contributed by atoms with Gasteiger partial charge in [0.25, 0.3) is 0 Å². The highest BCUT2D eigenvalue weighted by atomic mass is 32.1. The van der Waals surface area contributed by atoms with Crippen LogP contribution in [0.1, 0.15) is 46.3 Å². The second kappa shape index (κ2) is 8.58. The molecule has 0 atom stereocenters. The number of benzene rings is 1. The first-order chi connectivity index (χ1) is 11.9. The second-order valence-electron chi connectivity index (χ2n) is 5.78. The van der Waals surface area contributed by atoms with Crippen molar-refractivity contribution >= 4 is 40.3 Å². The first-order valence-electron chi connectivity index (χ1n) is 8.19. The number of Topliss-reactive ketones (excluding diaryl/α,β-unsaturated/α-hetero) is 1. The molecule has 0 radical (unpaired) electrons. The van der Waals surface area contributed by atoms with Gasteiger partial charge in [0, 0.05) is 46.0 Å². The Bertz CT molecular complexity index is 796. The van der Waals surface area contributed by atoms with E-state index in [2.05, 4.69) is 10.6 Å². The van der Waals surface area contributed by atoms with E-state index in [4.69, 9.17) is 0 Å². The van der Waals surface area contributed by atoms with Crippen molar-refractivity contribution in [3.8, 4) is 0 Å². The Labute approximate surface area is 151 Å². The van der Waals surface area contributed by atoms with E-state index in [1.165, 1.54) is 0 Å². The molecule has 0 unspecified atom stereocenters. The van der Waals surface area contributed by atoms with E-state index in [-0.39, 0.29) is 30.4 Å². The number of hydrogen-bond acceptors (Lipinski definition) is 4. The van der Waals surface area contributed by atoms with Crippen LogP contribution in [0.15, 0.2) is 30.3 Å². The molecular weight excluding hydrogens is 336 g/mol. The van der Waals surface area contributed by atoms with Crippen LogP contribution >= 0.6 is 11.3 Å². The SMILES string of the molecule is CCC(=O)Nc1cccc(NC(=O)CCC(=O)c2cc(C)sc2C)c1. The van der Waals surface area contributed by atoms with Crippen molar-refractivity contribution in [2.45, 2.75) is 40.0 Å². The highest BCUT2D eigenvalue weighted by Gasteiger charge is 2.14. The zero-order valence-corrected chi connectivity index (χ0v) is 15.5. The Morgan fingerprint density at radius 1 is 0.960 bits per heavy atom. The van der Waals surface area contributed by atoms with Crippen LogP contribution in [0.3, 0.4) is 0 Å². The van der Waals surface area contributed by atoms with E-state index < -0.39 is 0 Å². The maximum atomic E-state index is 12.2. The maximum absolute atomic E-state index is 12.2. The van der Waals surface area contributed by atoms with E-state index in [9.17, 15) is 14.4 Å². The van der Waals surface area contributed by atoms with E-state index >= 15 is 0 Å². The van der Waals surface area contributed by atoms with Crippen LogP contribution in [0, 0.1) is 13.8 Å². The summed E-state index contributed by atoms with van der Waals surface area (Å²) in [6, 6.07) is 8.82. The lowest BCUT2D eigenvalue weighted by Gasteiger charge is -2.08. The molecule has 0 saturated carbocycles. The predicted molar refractivity (Wildman–Crippen MR) is 101 cm³/mol. The summed E-state index contributed by atoms with van der Waals surface area (Å²) in [5, 5.41) is 5.50. The number of ketones is 1. The van der Waals surface area contributed by atoms with Gasteiger partial charge in [-0.25, -0.2) is 0 Å². The zero-order valence-electron chi connectivity index (χ0n) is 14.6. The van der Waals surface area contributed by atoms with Crippen LogP contribution in [0.25, 0.3) is 0 Å². The number of hydrogen-bond donors (Lipinski definition) is 2. The van der Waals surface area contributed by atoms with Gasteiger partial charge in [0.05, 0.1) is 0 Å². The molecule has 5 nitrogen and oxygen atoms in total. The zero-order chi connectivity index (χ0) is 18.4. The lowest BCUT2D eigenvalue weighted by Crippen LogP contribution is -2.14. The van der Waals surface area contributed by atoms with Gasteiger partial charge >= 0.3 is 0 Å². The van der Waals surface area contributed by atoms with Gasteiger partial charge in [-0.2, -0.15) is 0 Å². The van der Waals surface area contributed by atoms with Crippen LogP contribution in [0.4, 0.5) is 11.4 Å². The average molecular weight is 358 g/mol. The van der Waals surface area contributed by atoms with Crippen LogP contribution in [0.2, 0.25) is 0 Å². The molecule has 2 rings (SSSR count). The molecule has 1 aromatic heterocycles. The van der Waals surface area contributed by atoms with Crippen molar-refractivity contribution in [1.82, 2.24) is 0 Å². The summed E-state index contributed by atoms with van der Waals surface area (Å²) in [5.74, 6) is -0.326. The van der Waals surface area contributed by atoms with Gasteiger partial charge in [-0.15, -0.1) is 11.3 Å². The molecule has 6 heteroatoms. The number of thiophene rings is 1. The molecule has 0 saturated heterocycles. The summed E-state index contributed by atoms with van der Waals surface area (Å²) in [6.07, 6.45) is 0.688. The molecule has 0 aliphatic carbocycles. The predicted octanol–water partition coefficient (Wildman–Crippen LogP) is 4.32. The number of carbonyl (C=O) groups is 3. The quantitative estimate of drug-likeness (QED) is 0.724. The van der Waals surface area contributed by atoms with Crippen molar-refractivity contribution in [2.75, 3.05) is 10.6 Å². The third-order valence-electron chi connectivity index (χ3n) is 3.67. The average Bonchev–Trinajstić information content (AvgIpc) is 2.91. The van der Waals surface area contributed by atoms with Gasteiger partial charge in [-0.05, 0) is 38.1 Å². The topological polar surface area (TPSA) is 75.3 Å². The third-order valence-corrected chi connectivity index (χ3v) is 4.64. The van der Waals surface area contributed by atoms with Crippen molar-refractivity contribution in [1.29, 1.82) is 0 Å². The van der Waals surface area contributed by atoms with Crippen LogP contribution in [-0.2, 0) is 9.59 Å². The van der Waals surface area contributed by atoms with Crippen LogP contribution in [-0.4, -0.2) is 17.6 Å². The second-order valence-corrected chi connectivity index (χ2v) is 7.24. The summed E-state index contributed by atoms with van der Waals surface area (Å²) in [5.41, 5.74) is 1.93. The summed E-state index contributed by atoms with van der Waals surface area (Å²) < 4.78 is 0. The molecule has 25 heavy (non-hydrogen) atoms. The van der Waals surface area contributed by atoms with Crippen molar-refractivity contribution in [2.24, 2.45) is 0 Å². The normalized spacial score (nSPS) is 10.4. The Balaban J connectivity index is 1.90. The van der Waals surface area contributed by atoms with Crippen molar-refractivity contribution in [3.05, 3.63) is 45.6 Å². The molecule has 2 aromatic rings. The van der Waals surface area contributed by atoms with Gasteiger partial charge in [-0.3, -0.25) is 14.4 Å². The first kappa shape index (κ1) is 18.9. The number of rotatable bonds is 7. The molecule has 2 N–H and O–H groups in total. The lowest BCUT2D eigenvalue weighted by atomic mass is 10.1. The smallest absolute Gasteiger partial charge is 0.224 e. The number of nitrogens with one attached hydrogen (secondary N) is 2. The molecule has 0 fully saturated rings. The van der Waals surface area contributed by atoms with Gasteiger partial charge in [-0.1, -0.05) is 13.0 Å². The maximum Gasteiger partial charge on any atom is 0.224 e. The monoisotopic (exact) mass is 358 g/mol. The van der Waals surface area contributed by atoms with E-state index in [0.717, 1.165) is 9.75 Å². The fourth-order valence-electron chi connectivity index (χ4n) is 2.42. The molecule has 2 amide bonds. The molecular formula is C19H22N2O3S. The molecule has 0 bridgehead atoms. The van der Waals surface area contributed by atoms with Gasteiger partial charge < -0.3 is 10.6 Å². The minimum Gasteiger partial charge on any atom is -0.326 e. The Hall–Kier alpha value is -2.47. The summed E-state index contributed by atoms with van der Waals surface area (Å²) in [6.45, 7) is 5.65. The fourth-order valence-corrected chi connectivity index (χ4v) is 3.36. The highest BCUT2D eigenvalue weighted by Crippen LogP contribution is 2.22. The Kier molecular flexibility index (Phi) is 6.47. The summed E-state index contributed by atoms with van der Waals surface area (Å²) >= 11 is 1.59. The highest BCUT2D eigenvalue weighted by molar-refractivity contribution is 7.12. The Morgan fingerprint density at radius 2 is 1.60 bits per heavy atom. The fraction of sp³-hybridized carbons (Fsp3) is 0.316. The molecule has 0 aliphatic rings. The largest absolute Gasteiger partial charge is 0.326 e. The standard InChI is InChI=1S/C19H22N2O3S/c1-4-18(23)20-14-6-5-7-15(11-14)21-19(24)9-8-17(22)16-10-12(2)25-13(16)3/h5-7,10-11H,4,8-9H2,1-3H3,(H,20,23)(H,21,24). The molecule has 0 spiro atoms. The van der Waals surface area contributed by atoms with Gasteiger partial charge in [0.2, 0.25) is 11.8 Å². The summed E-state index contributed by atoms with van der Waals surface area (Å²) in [4.78, 5) is 37.8. The number of anilines is 2. The van der Waals surface area contributed by atoms with Crippen LogP contribution < -0.4 is 10.6 Å².